The van der Waals surface area contributed by atoms with Crippen molar-refractivity contribution in [2.75, 3.05) is 0 Å². The van der Waals surface area contributed by atoms with Crippen molar-refractivity contribution in [2.24, 2.45) is 15.3 Å². The molecule has 1 unspecified atom stereocenters. The van der Waals surface area contributed by atoms with Crippen LogP contribution in [0.4, 0.5) is 0 Å². The number of alkyl halides is 1. The summed E-state index contributed by atoms with van der Waals surface area (Å²) in [7, 11) is -3.89. The topological polar surface area (TPSA) is 98.5 Å². The summed E-state index contributed by atoms with van der Waals surface area (Å²) in [5, 5.41) is 3.89. The van der Waals surface area contributed by atoms with Crippen LogP contribution in [0.15, 0.2) is 4.40 Å². The van der Waals surface area contributed by atoms with Crippen LogP contribution in [0.25, 0.3) is 0 Å². The van der Waals surface area contributed by atoms with Gasteiger partial charge in [0.25, 0.3) is 0 Å². The predicted molar refractivity (Wildman–Crippen MR) is 40.0 cm³/mol. The first-order valence-electron chi connectivity index (χ1n) is 2.35. The normalized spacial score (nSPS) is 16.9. The van der Waals surface area contributed by atoms with Gasteiger partial charge >= 0.3 is 10.2 Å². The van der Waals surface area contributed by atoms with Crippen molar-refractivity contribution in [3.63, 3.8) is 0 Å². The molecule has 1 atom stereocenters. The summed E-state index contributed by atoms with van der Waals surface area (Å²) >= 11 is 5.36. The molecule has 0 aromatic rings. The van der Waals surface area contributed by atoms with E-state index in [2.05, 4.69) is 9.54 Å². The van der Waals surface area contributed by atoms with E-state index in [1.165, 1.54) is 6.92 Å². The summed E-state index contributed by atoms with van der Waals surface area (Å²) in [5.41, 5.74) is 5.06. The summed E-state index contributed by atoms with van der Waals surface area (Å²) in [6, 6.07) is 0. The zero-order chi connectivity index (χ0) is 8.36. The van der Waals surface area contributed by atoms with Gasteiger partial charge in [-0.05, 0) is 6.92 Å². The Labute approximate surface area is 64.2 Å². The number of hydrogen-bond acceptors (Lipinski definition) is 2. The van der Waals surface area contributed by atoms with Gasteiger partial charge in [-0.3, -0.25) is 0 Å². The van der Waals surface area contributed by atoms with E-state index >= 15 is 0 Å². The van der Waals surface area contributed by atoms with Gasteiger partial charge in [-0.2, -0.15) is 8.42 Å². The van der Waals surface area contributed by atoms with E-state index in [9.17, 15) is 8.42 Å². The fourth-order valence-electron chi connectivity index (χ4n) is 0.220. The second-order valence-corrected chi connectivity index (χ2v) is 3.51. The summed E-state index contributed by atoms with van der Waals surface area (Å²) in [6.45, 7) is 1.49. The van der Waals surface area contributed by atoms with Crippen molar-refractivity contribution in [3.05, 3.63) is 0 Å². The molecule has 0 fully saturated rings. The first-order chi connectivity index (χ1) is 4.33. The molecule has 0 aliphatic carbocycles. The predicted octanol–water partition coefficient (Wildman–Crippen LogP) is -0.826. The maximum atomic E-state index is 10.2. The Kier molecular flexibility index (Phi) is 3.07. The molecule has 5 nitrogen and oxygen atoms in total. The van der Waals surface area contributed by atoms with Crippen LogP contribution in [0.2, 0.25) is 0 Å². The second kappa shape index (κ2) is 3.18. The maximum Gasteiger partial charge on any atom is 0.318 e. The van der Waals surface area contributed by atoms with Gasteiger partial charge in [-0.1, -0.05) is 0 Å². The molecule has 0 saturated carbocycles. The molecule has 60 valence electrons. The van der Waals surface area contributed by atoms with Crippen LogP contribution in [-0.4, -0.2) is 19.6 Å². The number of nitrogens with two attached hydrogens (primary N) is 2. The molecule has 0 saturated heterocycles. The van der Waals surface area contributed by atoms with Crippen molar-refractivity contribution < 1.29 is 8.42 Å². The van der Waals surface area contributed by atoms with E-state index in [0.717, 1.165) is 0 Å². The monoisotopic (exact) mass is 185 g/mol. The van der Waals surface area contributed by atoms with Crippen molar-refractivity contribution >= 4 is 27.6 Å². The fraction of sp³-hybridized carbons (Fsp3) is 0.667. The van der Waals surface area contributed by atoms with Crippen LogP contribution in [0, 0.1) is 0 Å². The summed E-state index contributed by atoms with van der Waals surface area (Å²) in [5.74, 6) is -0.204. The number of hydrogen-bond donors (Lipinski definition) is 2. The van der Waals surface area contributed by atoms with Crippen LogP contribution < -0.4 is 10.9 Å². The van der Waals surface area contributed by atoms with Crippen molar-refractivity contribution in [3.8, 4) is 0 Å². The highest BCUT2D eigenvalue weighted by atomic mass is 35.5. The lowest BCUT2D eigenvalue weighted by molar-refractivity contribution is 0.599. The van der Waals surface area contributed by atoms with Crippen LogP contribution >= 0.6 is 11.6 Å². The van der Waals surface area contributed by atoms with Gasteiger partial charge in [0.1, 0.15) is 5.84 Å². The molecule has 0 aliphatic rings. The molecule has 0 rings (SSSR count). The van der Waals surface area contributed by atoms with Gasteiger partial charge in [0.15, 0.2) is 0 Å². The molecule has 0 aromatic carbocycles. The fourth-order valence-corrected chi connectivity index (χ4v) is 0.778. The molecule has 0 radical (unpaired) electrons. The molecule has 0 spiro atoms. The van der Waals surface area contributed by atoms with Crippen LogP contribution in [0.1, 0.15) is 6.92 Å². The van der Waals surface area contributed by atoms with E-state index in [-0.39, 0.29) is 5.84 Å². The van der Waals surface area contributed by atoms with Crippen molar-refractivity contribution in [1.82, 2.24) is 0 Å². The standard InChI is InChI=1S/C3H8ClN3O2S/c1-2(4)3(5)7-10(6,8)9/h2H,1H3,(H2,5,7)(H2,6,8,9). The minimum atomic E-state index is -3.89. The molecule has 4 N–H and O–H groups in total. The second-order valence-electron chi connectivity index (χ2n) is 1.65. The Hall–Kier alpha value is -0.330. The lowest BCUT2D eigenvalue weighted by atomic mass is 10.5. The number of rotatable bonds is 2. The van der Waals surface area contributed by atoms with Crippen LogP contribution in [0.3, 0.4) is 0 Å². The molecule has 0 amide bonds. The zero-order valence-electron chi connectivity index (χ0n) is 5.28. The highest BCUT2D eigenvalue weighted by Crippen LogP contribution is 1.93. The highest BCUT2D eigenvalue weighted by Gasteiger charge is 2.05. The molecule has 7 heteroatoms. The van der Waals surface area contributed by atoms with Gasteiger partial charge in [-0.15, -0.1) is 16.0 Å². The summed E-state index contributed by atoms with van der Waals surface area (Å²) < 4.78 is 23.3. The first-order valence-corrected chi connectivity index (χ1v) is 4.29. The molecular weight excluding hydrogens is 178 g/mol. The lowest BCUT2D eigenvalue weighted by Crippen LogP contribution is -2.25. The smallest absolute Gasteiger partial charge is 0.318 e. The van der Waals surface area contributed by atoms with E-state index in [4.69, 9.17) is 17.3 Å². The van der Waals surface area contributed by atoms with Crippen LogP contribution in [-0.2, 0) is 10.2 Å². The minimum absolute atomic E-state index is 0.204. The molecule has 0 aromatic heterocycles. The average molecular weight is 186 g/mol. The van der Waals surface area contributed by atoms with E-state index < -0.39 is 15.6 Å². The van der Waals surface area contributed by atoms with Gasteiger partial charge in [0.2, 0.25) is 0 Å². The van der Waals surface area contributed by atoms with Gasteiger partial charge < -0.3 is 5.73 Å². The Bertz CT molecular complexity index is 232. The average Bonchev–Trinajstić information content (AvgIpc) is 1.60. The number of halogens is 1. The first kappa shape index (κ1) is 9.67. The minimum Gasteiger partial charge on any atom is -0.385 e. The molecule has 0 bridgehead atoms. The summed E-state index contributed by atoms with van der Waals surface area (Å²) in [4.78, 5) is 0. The number of amidine groups is 1. The zero-order valence-corrected chi connectivity index (χ0v) is 6.85. The largest absolute Gasteiger partial charge is 0.385 e. The lowest BCUT2D eigenvalue weighted by Gasteiger charge is -1.98. The molecular formula is C3H8ClN3O2S. The SMILES string of the molecule is CC(Cl)/C(N)=N\S(N)(=O)=O. The Morgan fingerprint density at radius 1 is 1.70 bits per heavy atom. The van der Waals surface area contributed by atoms with Crippen LogP contribution in [0.5, 0.6) is 0 Å². The quantitative estimate of drug-likeness (QED) is 0.334. The van der Waals surface area contributed by atoms with Gasteiger partial charge in [0, 0.05) is 0 Å². The van der Waals surface area contributed by atoms with E-state index in [0.29, 0.717) is 0 Å². The van der Waals surface area contributed by atoms with E-state index in [1.54, 1.807) is 0 Å². The third kappa shape index (κ3) is 4.54. The van der Waals surface area contributed by atoms with E-state index in [1.807, 2.05) is 0 Å². The molecule has 0 aliphatic heterocycles. The van der Waals surface area contributed by atoms with Gasteiger partial charge in [-0.25, -0.2) is 5.14 Å². The highest BCUT2D eigenvalue weighted by molar-refractivity contribution is 7.88. The Morgan fingerprint density at radius 2 is 2.10 bits per heavy atom. The Morgan fingerprint density at radius 3 is 2.20 bits per heavy atom. The number of nitrogens with zero attached hydrogens (tertiary/aromatic N) is 1. The van der Waals surface area contributed by atoms with Crippen molar-refractivity contribution in [1.29, 1.82) is 0 Å². The van der Waals surface area contributed by atoms with Crippen molar-refractivity contribution in [2.45, 2.75) is 12.3 Å². The van der Waals surface area contributed by atoms with Gasteiger partial charge in [0.05, 0.1) is 5.38 Å². The third-order valence-electron chi connectivity index (χ3n) is 0.640. The molecule has 10 heavy (non-hydrogen) atoms. The Balaban J connectivity index is 4.49. The molecule has 0 heterocycles. The maximum absolute atomic E-state index is 10.2. The third-order valence-corrected chi connectivity index (χ3v) is 1.33. The summed E-state index contributed by atoms with van der Waals surface area (Å²) in [6.07, 6.45) is 0.